The van der Waals surface area contributed by atoms with Crippen LogP contribution in [0, 0.1) is 12.8 Å². The normalized spacial score (nSPS) is 24.0. The number of hydrogen-bond donors (Lipinski definition) is 1. The maximum atomic E-state index is 9.87. The predicted octanol–water partition coefficient (Wildman–Crippen LogP) is 0.786. The number of rotatable bonds is 3. The lowest BCUT2D eigenvalue weighted by Crippen LogP contribution is -2.22. The summed E-state index contributed by atoms with van der Waals surface area (Å²) in [6, 6.07) is 0. The second kappa shape index (κ2) is 4.33. The van der Waals surface area contributed by atoms with Crippen molar-refractivity contribution in [3.63, 3.8) is 0 Å². The molecular formula is C9H14N2O2S. The van der Waals surface area contributed by atoms with E-state index in [0.717, 1.165) is 23.0 Å². The van der Waals surface area contributed by atoms with Crippen molar-refractivity contribution in [1.82, 2.24) is 10.2 Å². The molecule has 1 saturated heterocycles. The maximum Gasteiger partial charge on any atom is 0.120 e. The van der Waals surface area contributed by atoms with Crippen LogP contribution in [0.25, 0.3) is 0 Å². The zero-order valence-corrected chi connectivity index (χ0v) is 8.96. The van der Waals surface area contributed by atoms with E-state index in [1.54, 1.807) is 11.3 Å². The van der Waals surface area contributed by atoms with Gasteiger partial charge in [-0.25, -0.2) is 0 Å². The fourth-order valence-electron chi connectivity index (χ4n) is 1.62. The zero-order chi connectivity index (χ0) is 9.97. The molecule has 0 bridgehead atoms. The minimum atomic E-state index is -0.329. The monoisotopic (exact) mass is 214 g/mol. The summed E-state index contributed by atoms with van der Waals surface area (Å²) in [6.07, 6.45) is 1.24. The molecule has 1 fully saturated rings. The molecule has 0 aliphatic carbocycles. The molecule has 2 unspecified atom stereocenters. The maximum absolute atomic E-state index is 9.87. The fraction of sp³-hybridized carbons (Fsp3) is 0.778. The van der Waals surface area contributed by atoms with Crippen molar-refractivity contribution in [1.29, 1.82) is 0 Å². The van der Waals surface area contributed by atoms with Gasteiger partial charge in [0.25, 0.3) is 0 Å². The van der Waals surface area contributed by atoms with Crippen LogP contribution in [0.4, 0.5) is 0 Å². The molecule has 0 amide bonds. The molecule has 14 heavy (non-hydrogen) atoms. The molecule has 5 heteroatoms. The van der Waals surface area contributed by atoms with Crippen LogP contribution in [0.5, 0.6) is 0 Å². The van der Waals surface area contributed by atoms with Crippen LogP contribution in [0.3, 0.4) is 0 Å². The molecule has 1 aromatic rings. The number of nitrogens with zero attached hydrogens (tertiary/aromatic N) is 2. The molecule has 0 spiro atoms. The van der Waals surface area contributed by atoms with Crippen LogP contribution in [0.2, 0.25) is 0 Å². The Hall–Kier alpha value is -0.520. The Bertz CT molecular complexity index is 297. The SMILES string of the molecule is Cc1nnc(CC(O)C2CCOC2)s1. The van der Waals surface area contributed by atoms with Crippen LogP contribution in [-0.4, -0.2) is 34.6 Å². The molecule has 1 aromatic heterocycles. The second-order valence-electron chi connectivity index (χ2n) is 3.61. The van der Waals surface area contributed by atoms with E-state index in [9.17, 15) is 5.11 Å². The number of ether oxygens (including phenoxy) is 1. The van der Waals surface area contributed by atoms with E-state index < -0.39 is 0 Å². The van der Waals surface area contributed by atoms with Crippen LogP contribution in [-0.2, 0) is 11.2 Å². The van der Waals surface area contributed by atoms with Crippen molar-refractivity contribution < 1.29 is 9.84 Å². The average Bonchev–Trinajstić information content (AvgIpc) is 2.75. The van der Waals surface area contributed by atoms with Gasteiger partial charge >= 0.3 is 0 Å². The highest BCUT2D eigenvalue weighted by Gasteiger charge is 2.24. The number of aromatic nitrogens is 2. The molecular weight excluding hydrogens is 200 g/mol. The van der Waals surface area contributed by atoms with Crippen molar-refractivity contribution in [3.8, 4) is 0 Å². The van der Waals surface area contributed by atoms with Gasteiger partial charge in [0.05, 0.1) is 12.7 Å². The topological polar surface area (TPSA) is 55.2 Å². The first-order valence-electron chi connectivity index (χ1n) is 4.80. The van der Waals surface area contributed by atoms with Gasteiger partial charge in [-0.1, -0.05) is 0 Å². The van der Waals surface area contributed by atoms with Crippen molar-refractivity contribution >= 4 is 11.3 Å². The van der Waals surface area contributed by atoms with Crippen LogP contribution < -0.4 is 0 Å². The summed E-state index contributed by atoms with van der Waals surface area (Å²) < 4.78 is 5.23. The lowest BCUT2D eigenvalue weighted by molar-refractivity contribution is 0.0917. The first-order chi connectivity index (χ1) is 6.75. The van der Waals surface area contributed by atoms with Gasteiger partial charge in [-0.15, -0.1) is 21.5 Å². The Balaban J connectivity index is 1.90. The standard InChI is InChI=1S/C9H14N2O2S/c1-6-10-11-9(14-6)4-8(12)7-2-3-13-5-7/h7-8,12H,2-5H2,1H3. The third-order valence-electron chi connectivity index (χ3n) is 2.46. The molecule has 4 nitrogen and oxygen atoms in total. The molecule has 1 N–H and O–H groups in total. The van der Waals surface area contributed by atoms with Crippen molar-refractivity contribution in [2.24, 2.45) is 5.92 Å². The minimum Gasteiger partial charge on any atom is -0.392 e. The molecule has 0 aromatic carbocycles. The van der Waals surface area contributed by atoms with E-state index in [0.29, 0.717) is 13.0 Å². The van der Waals surface area contributed by atoms with Gasteiger partial charge in [0.2, 0.25) is 0 Å². The highest BCUT2D eigenvalue weighted by Crippen LogP contribution is 2.20. The quantitative estimate of drug-likeness (QED) is 0.808. The van der Waals surface area contributed by atoms with E-state index in [1.165, 1.54) is 0 Å². The van der Waals surface area contributed by atoms with Gasteiger partial charge in [0, 0.05) is 18.9 Å². The summed E-state index contributed by atoms with van der Waals surface area (Å²) in [4.78, 5) is 0. The third kappa shape index (κ3) is 2.29. The van der Waals surface area contributed by atoms with Crippen LogP contribution in [0.15, 0.2) is 0 Å². The molecule has 0 saturated carbocycles. The largest absolute Gasteiger partial charge is 0.392 e. The summed E-state index contributed by atoms with van der Waals surface area (Å²) >= 11 is 1.55. The Morgan fingerprint density at radius 2 is 2.50 bits per heavy atom. The highest BCUT2D eigenvalue weighted by molar-refractivity contribution is 7.11. The molecule has 2 rings (SSSR count). The van der Waals surface area contributed by atoms with Gasteiger partial charge in [0.15, 0.2) is 0 Å². The number of aliphatic hydroxyl groups is 1. The van der Waals surface area contributed by atoms with E-state index in [1.807, 2.05) is 6.92 Å². The summed E-state index contributed by atoms with van der Waals surface area (Å²) in [6.45, 7) is 3.38. The zero-order valence-electron chi connectivity index (χ0n) is 8.14. The fourth-order valence-corrected chi connectivity index (χ4v) is 2.38. The molecule has 1 aliphatic heterocycles. The number of aliphatic hydroxyl groups excluding tert-OH is 1. The number of hydrogen-bond acceptors (Lipinski definition) is 5. The van der Waals surface area contributed by atoms with Gasteiger partial charge in [0.1, 0.15) is 10.0 Å². The van der Waals surface area contributed by atoms with E-state index in [4.69, 9.17) is 4.74 Å². The summed E-state index contributed by atoms with van der Waals surface area (Å²) in [5, 5.41) is 19.7. The smallest absolute Gasteiger partial charge is 0.120 e. The Labute approximate surface area is 86.9 Å². The molecule has 1 aliphatic rings. The Morgan fingerprint density at radius 3 is 3.07 bits per heavy atom. The van der Waals surface area contributed by atoms with Gasteiger partial charge in [-0.3, -0.25) is 0 Å². The van der Waals surface area contributed by atoms with E-state index in [2.05, 4.69) is 10.2 Å². The first kappa shape index (κ1) is 10.0. The van der Waals surface area contributed by atoms with E-state index in [-0.39, 0.29) is 12.0 Å². The Morgan fingerprint density at radius 1 is 1.64 bits per heavy atom. The molecule has 0 radical (unpaired) electrons. The summed E-state index contributed by atoms with van der Waals surface area (Å²) in [5.41, 5.74) is 0. The molecule has 2 atom stereocenters. The minimum absolute atomic E-state index is 0.277. The van der Waals surface area contributed by atoms with E-state index >= 15 is 0 Å². The Kier molecular flexibility index (Phi) is 3.10. The van der Waals surface area contributed by atoms with Crippen molar-refractivity contribution in [2.75, 3.05) is 13.2 Å². The van der Waals surface area contributed by atoms with Gasteiger partial charge in [-0.05, 0) is 13.3 Å². The number of aryl methyl sites for hydroxylation is 1. The average molecular weight is 214 g/mol. The van der Waals surface area contributed by atoms with Crippen LogP contribution in [0.1, 0.15) is 16.4 Å². The first-order valence-corrected chi connectivity index (χ1v) is 5.62. The van der Waals surface area contributed by atoms with Crippen LogP contribution >= 0.6 is 11.3 Å². The second-order valence-corrected chi connectivity index (χ2v) is 4.88. The van der Waals surface area contributed by atoms with Gasteiger partial charge in [-0.2, -0.15) is 0 Å². The summed E-state index contributed by atoms with van der Waals surface area (Å²) in [5.74, 6) is 0.277. The molecule has 2 heterocycles. The van der Waals surface area contributed by atoms with Crippen molar-refractivity contribution in [3.05, 3.63) is 10.0 Å². The molecule has 78 valence electrons. The van der Waals surface area contributed by atoms with Gasteiger partial charge < -0.3 is 9.84 Å². The lowest BCUT2D eigenvalue weighted by Gasteiger charge is -2.14. The van der Waals surface area contributed by atoms with Crippen molar-refractivity contribution in [2.45, 2.75) is 25.9 Å². The third-order valence-corrected chi connectivity index (χ3v) is 3.32. The summed E-state index contributed by atoms with van der Waals surface area (Å²) in [7, 11) is 0. The highest BCUT2D eigenvalue weighted by atomic mass is 32.1. The lowest BCUT2D eigenvalue weighted by atomic mass is 10.00. The predicted molar refractivity (Wildman–Crippen MR) is 53.3 cm³/mol.